The first-order valence-electron chi connectivity index (χ1n) is 6.52. The number of hydrogen-bond donors (Lipinski definition) is 1. The van der Waals surface area contributed by atoms with Gasteiger partial charge in [-0.25, -0.2) is 8.42 Å². The highest BCUT2D eigenvalue weighted by Crippen LogP contribution is 2.19. The van der Waals surface area contributed by atoms with Crippen LogP contribution in [0.1, 0.15) is 18.5 Å². The number of anilines is 1. The first-order chi connectivity index (χ1) is 10.1. The maximum Gasteiger partial charge on any atom is 0.261 e. The zero-order chi connectivity index (χ0) is 15.1. The largest absolute Gasteiger partial charge is 0.278 e. The number of aryl methyl sites for hydroxylation is 1. The van der Waals surface area contributed by atoms with Crippen molar-refractivity contribution in [3.8, 4) is 6.07 Å². The lowest BCUT2D eigenvalue weighted by molar-refractivity contribution is 0.601. The molecule has 0 radical (unpaired) electrons. The van der Waals surface area contributed by atoms with Crippen molar-refractivity contribution in [3.63, 3.8) is 0 Å². The van der Waals surface area contributed by atoms with Crippen molar-refractivity contribution in [1.29, 1.82) is 5.26 Å². The second-order valence-electron chi connectivity index (χ2n) is 4.43. The molecule has 0 aliphatic carbocycles. The van der Waals surface area contributed by atoms with Gasteiger partial charge in [0.15, 0.2) is 0 Å². The van der Waals surface area contributed by atoms with Crippen molar-refractivity contribution >= 4 is 15.7 Å². The molecule has 1 aromatic carbocycles. The Balaban J connectivity index is 2.22. The van der Waals surface area contributed by atoms with Crippen LogP contribution in [0.4, 0.5) is 5.69 Å². The molecule has 0 amide bonds. The van der Waals surface area contributed by atoms with Crippen LogP contribution in [0.15, 0.2) is 53.6 Å². The summed E-state index contributed by atoms with van der Waals surface area (Å²) in [5.41, 5.74) is 1.10. The van der Waals surface area contributed by atoms with E-state index in [1.807, 2.05) is 0 Å². The lowest BCUT2D eigenvalue weighted by Crippen LogP contribution is -2.14. The molecule has 21 heavy (non-hydrogen) atoms. The van der Waals surface area contributed by atoms with Crippen molar-refractivity contribution in [1.82, 2.24) is 4.98 Å². The maximum atomic E-state index is 12.3. The maximum absolute atomic E-state index is 12.3. The van der Waals surface area contributed by atoms with Gasteiger partial charge in [-0.2, -0.15) is 5.26 Å². The number of aromatic nitrogens is 1. The predicted molar refractivity (Wildman–Crippen MR) is 80.0 cm³/mol. The van der Waals surface area contributed by atoms with Gasteiger partial charge in [0.1, 0.15) is 0 Å². The van der Waals surface area contributed by atoms with Gasteiger partial charge in [0.2, 0.25) is 0 Å². The summed E-state index contributed by atoms with van der Waals surface area (Å²) in [5.74, 6) is 0. The normalized spacial score (nSPS) is 10.8. The fraction of sp³-hybridized carbons (Fsp3) is 0.200. The molecule has 0 aliphatic heterocycles. The van der Waals surface area contributed by atoms with E-state index in [1.165, 1.54) is 12.1 Å². The fourth-order valence-corrected chi connectivity index (χ4v) is 2.98. The van der Waals surface area contributed by atoms with E-state index in [2.05, 4.69) is 15.8 Å². The molecule has 2 aromatic rings. The highest BCUT2D eigenvalue weighted by atomic mass is 32.2. The van der Waals surface area contributed by atoms with Gasteiger partial charge in [-0.3, -0.25) is 9.71 Å². The number of rotatable bonds is 6. The molecule has 108 valence electrons. The van der Waals surface area contributed by atoms with Gasteiger partial charge in [0.25, 0.3) is 10.0 Å². The van der Waals surface area contributed by atoms with Crippen molar-refractivity contribution in [2.75, 3.05) is 4.72 Å². The first kappa shape index (κ1) is 15.0. The van der Waals surface area contributed by atoms with E-state index in [1.54, 1.807) is 36.5 Å². The molecule has 6 heteroatoms. The molecule has 1 N–H and O–H groups in total. The molecule has 0 fully saturated rings. The lowest BCUT2D eigenvalue weighted by atomic mass is 10.1. The third kappa shape index (κ3) is 4.04. The quantitative estimate of drug-likeness (QED) is 0.832. The third-order valence-corrected chi connectivity index (χ3v) is 4.27. The molecule has 5 nitrogen and oxygen atoms in total. The molecule has 0 bridgehead atoms. The molecule has 2 rings (SSSR count). The van der Waals surface area contributed by atoms with E-state index < -0.39 is 10.0 Å². The van der Waals surface area contributed by atoms with E-state index in [4.69, 9.17) is 5.26 Å². The van der Waals surface area contributed by atoms with E-state index in [0.29, 0.717) is 30.6 Å². The predicted octanol–water partition coefficient (Wildman–Crippen LogP) is 2.73. The SMILES string of the molecule is N#CCCCc1ncccc1NS(=O)(=O)c1ccccc1. The molecule has 0 unspecified atom stereocenters. The number of pyridine rings is 1. The van der Waals surface area contributed by atoms with Gasteiger partial charge >= 0.3 is 0 Å². The Hall–Kier alpha value is -2.39. The monoisotopic (exact) mass is 301 g/mol. The van der Waals surface area contributed by atoms with Crippen molar-refractivity contribution in [3.05, 3.63) is 54.4 Å². The second kappa shape index (κ2) is 6.86. The van der Waals surface area contributed by atoms with Gasteiger partial charge in [-0.1, -0.05) is 18.2 Å². The second-order valence-corrected chi connectivity index (χ2v) is 6.11. The average Bonchev–Trinajstić information content (AvgIpc) is 2.50. The summed E-state index contributed by atoms with van der Waals surface area (Å²) < 4.78 is 27.1. The Morgan fingerprint density at radius 3 is 2.62 bits per heavy atom. The number of nitriles is 1. The molecule has 0 aliphatic rings. The summed E-state index contributed by atoms with van der Waals surface area (Å²) >= 11 is 0. The van der Waals surface area contributed by atoms with Gasteiger partial charge < -0.3 is 0 Å². The van der Waals surface area contributed by atoms with Crippen LogP contribution >= 0.6 is 0 Å². The van der Waals surface area contributed by atoms with E-state index in [0.717, 1.165) is 0 Å². The molecule has 0 spiro atoms. The average molecular weight is 301 g/mol. The first-order valence-corrected chi connectivity index (χ1v) is 8.00. The summed E-state index contributed by atoms with van der Waals surface area (Å²) in [7, 11) is -3.62. The molecule has 0 atom stereocenters. The number of benzene rings is 1. The Labute approximate surface area is 124 Å². The van der Waals surface area contributed by atoms with Gasteiger partial charge in [-0.15, -0.1) is 0 Å². The zero-order valence-corrected chi connectivity index (χ0v) is 12.2. The summed E-state index contributed by atoms with van der Waals surface area (Å²) in [6, 6.07) is 13.6. The molecule has 1 aromatic heterocycles. The fourth-order valence-electron chi connectivity index (χ4n) is 1.87. The van der Waals surface area contributed by atoms with Crippen molar-refractivity contribution in [2.24, 2.45) is 0 Å². The minimum atomic E-state index is -3.62. The summed E-state index contributed by atoms with van der Waals surface area (Å²) in [6.07, 6.45) is 3.23. The highest BCUT2D eigenvalue weighted by molar-refractivity contribution is 7.92. The minimum Gasteiger partial charge on any atom is -0.278 e. The Morgan fingerprint density at radius 1 is 1.14 bits per heavy atom. The Bertz CT molecular complexity index is 737. The van der Waals surface area contributed by atoms with E-state index in [9.17, 15) is 8.42 Å². The summed E-state index contributed by atoms with van der Waals surface area (Å²) in [4.78, 5) is 4.40. The Morgan fingerprint density at radius 2 is 1.90 bits per heavy atom. The molecular formula is C15H15N3O2S. The standard InChI is InChI=1S/C15H15N3O2S/c16-11-5-4-9-14-15(10-6-12-17-14)18-21(19,20)13-7-2-1-3-8-13/h1-3,6-8,10,12,18H,4-5,9H2. The number of nitrogens with zero attached hydrogens (tertiary/aromatic N) is 2. The van der Waals surface area contributed by atoms with Gasteiger partial charge in [0, 0.05) is 12.6 Å². The molecular weight excluding hydrogens is 286 g/mol. The molecule has 0 saturated heterocycles. The van der Waals surface area contributed by atoms with E-state index >= 15 is 0 Å². The Kier molecular flexibility index (Phi) is 4.90. The highest BCUT2D eigenvalue weighted by Gasteiger charge is 2.15. The summed E-state index contributed by atoms with van der Waals surface area (Å²) in [6.45, 7) is 0. The molecule has 0 saturated carbocycles. The van der Waals surface area contributed by atoms with Crippen LogP contribution in [0, 0.1) is 11.3 Å². The van der Waals surface area contributed by atoms with Crippen LogP contribution in [0.25, 0.3) is 0 Å². The van der Waals surface area contributed by atoms with Crippen molar-refractivity contribution < 1.29 is 8.42 Å². The topological polar surface area (TPSA) is 82.8 Å². The smallest absolute Gasteiger partial charge is 0.261 e. The van der Waals surface area contributed by atoms with Crippen LogP contribution in [-0.4, -0.2) is 13.4 Å². The van der Waals surface area contributed by atoms with Gasteiger partial charge in [0.05, 0.1) is 22.3 Å². The molecule has 1 heterocycles. The summed E-state index contributed by atoms with van der Waals surface area (Å²) in [5, 5.41) is 8.57. The number of unbranched alkanes of at least 4 members (excludes halogenated alkanes) is 1. The zero-order valence-electron chi connectivity index (χ0n) is 11.4. The van der Waals surface area contributed by atoms with Crippen LogP contribution in [-0.2, 0) is 16.4 Å². The number of nitrogens with one attached hydrogen (secondary N) is 1. The lowest BCUT2D eigenvalue weighted by Gasteiger charge is -2.11. The van der Waals surface area contributed by atoms with E-state index in [-0.39, 0.29) is 4.90 Å². The van der Waals surface area contributed by atoms with Crippen LogP contribution < -0.4 is 4.72 Å². The minimum absolute atomic E-state index is 0.205. The number of sulfonamides is 1. The van der Waals surface area contributed by atoms with Crippen LogP contribution in [0.3, 0.4) is 0 Å². The third-order valence-electron chi connectivity index (χ3n) is 2.89. The number of hydrogen-bond acceptors (Lipinski definition) is 4. The van der Waals surface area contributed by atoms with Gasteiger partial charge in [-0.05, 0) is 37.1 Å². The van der Waals surface area contributed by atoms with Crippen LogP contribution in [0.5, 0.6) is 0 Å². The van der Waals surface area contributed by atoms with Crippen molar-refractivity contribution in [2.45, 2.75) is 24.2 Å². The van der Waals surface area contributed by atoms with Crippen LogP contribution in [0.2, 0.25) is 0 Å².